The first-order valence-electron chi connectivity index (χ1n) is 10.6. The number of nitrogens with zero attached hydrogens (tertiary/aromatic N) is 2. The lowest BCUT2D eigenvalue weighted by molar-refractivity contribution is 0.0526. The summed E-state index contributed by atoms with van der Waals surface area (Å²) in [6, 6.07) is 17.4. The number of sulfonamides is 1. The van der Waals surface area contributed by atoms with Crippen LogP contribution in [0.4, 0.5) is 0 Å². The second kappa shape index (κ2) is 9.86. The van der Waals surface area contributed by atoms with Gasteiger partial charge in [-0.15, -0.1) is 11.3 Å². The molecule has 172 valence electrons. The third-order valence-corrected chi connectivity index (χ3v) is 8.29. The molecule has 0 radical (unpaired) electrons. The number of hydrogen-bond acceptors (Lipinski definition) is 6. The summed E-state index contributed by atoms with van der Waals surface area (Å²) in [6.45, 7) is 3.00. The molecule has 33 heavy (non-hydrogen) atoms. The van der Waals surface area contributed by atoms with E-state index in [1.807, 2.05) is 41.8 Å². The van der Waals surface area contributed by atoms with Gasteiger partial charge in [-0.3, -0.25) is 4.79 Å². The first kappa shape index (κ1) is 23.2. The van der Waals surface area contributed by atoms with Crippen molar-refractivity contribution in [2.45, 2.75) is 11.8 Å². The maximum atomic E-state index is 13.2. The number of piperazine rings is 1. The van der Waals surface area contributed by atoms with Gasteiger partial charge >= 0.3 is 5.97 Å². The van der Waals surface area contributed by atoms with Gasteiger partial charge in [-0.05, 0) is 48.2 Å². The van der Waals surface area contributed by atoms with Gasteiger partial charge in [-0.25, -0.2) is 13.2 Å². The normalized spacial score (nSPS) is 14.8. The summed E-state index contributed by atoms with van der Waals surface area (Å²) in [4.78, 5) is 27.4. The van der Waals surface area contributed by atoms with Crippen LogP contribution in [0.5, 0.6) is 0 Å². The van der Waals surface area contributed by atoms with E-state index in [0.29, 0.717) is 23.5 Å². The van der Waals surface area contributed by atoms with Crippen molar-refractivity contribution in [3.05, 3.63) is 76.5 Å². The topological polar surface area (TPSA) is 84.0 Å². The molecule has 0 atom stereocenters. The Morgan fingerprint density at radius 3 is 2.24 bits per heavy atom. The number of ether oxygens (including phenoxy) is 1. The summed E-state index contributed by atoms with van der Waals surface area (Å²) in [5.41, 5.74) is 2.17. The quantitative estimate of drug-likeness (QED) is 0.498. The Bertz CT molecular complexity index is 1230. The van der Waals surface area contributed by atoms with Crippen LogP contribution in [0.3, 0.4) is 0 Å². The maximum Gasteiger partial charge on any atom is 0.338 e. The monoisotopic (exact) mass is 484 g/mol. The fourth-order valence-electron chi connectivity index (χ4n) is 3.72. The Kier molecular flexibility index (Phi) is 6.92. The number of hydrogen-bond donors (Lipinski definition) is 0. The molecule has 0 bridgehead atoms. The summed E-state index contributed by atoms with van der Waals surface area (Å²) < 4.78 is 32.4. The Morgan fingerprint density at radius 1 is 0.939 bits per heavy atom. The van der Waals surface area contributed by atoms with Crippen molar-refractivity contribution in [2.24, 2.45) is 0 Å². The number of esters is 1. The molecule has 1 saturated heterocycles. The van der Waals surface area contributed by atoms with E-state index >= 15 is 0 Å². The van der Waals surface area contributed by atoms with E-state index < -0.39 is 16.0 Å². The van der Waals surface area contributed by atoms with Crippen LogP contribution >= 0.6 is 11.3 Å². The zero-order chi connectivity index (χ0) is 23.4. The van der Waals surface area contributed by atoms with Crippen molar-refractivity contribution in [3.8, 4) is 11.1 Å². The largest absolute Gasteiger partial charge is 0.462 e. The number of carbonyl (C=O) groups is 2. The number of thiophene rings is 1. The number of rotatable bonds is 6. The average Bonchev–Trinajstić information content (AvgIpc) is 3.34. The second-order valence-electron chi connectivity index (χ2n) is 7.47. The maximum absolute atomic E-state index is 13.2. The van der Waals surface area contributed by atoms with Gasteiger partial charge in [0.15, 0.2) is 0 Å². The van der Waals surface area contributed by atoms with Crippen LogP contribution in [-0.4, -0.2) is 62.3 Å². The molecule has 1 aliphatic rings. The summed E-state index contributed by atoms with van der Waals surface area (Å²) >= 11 is 1.40. The molecule has 0 aliphatic carbocycles. The molecule has 3 aromatic rings. The molecule has 0 spiro atoms. The molecule has 0 saturated carbocycles. The number of carbonyl (C=O) groups excluding carboxylic acids is 2. The zero-order valence-corrected chi connectivity index (χ0v) is 19.8. The standard InChI is InChI=1S/C24H24N2O5S2/c1-2-31-24(28)19-8-10-20(11-9-19)33(29,30)26-15-13-25(14-16-26)23(27)22-21(12-17-32-22)18-6-4-3-5-7-18/h3-12,17H,2,13-16H2,1H3. The smallest absolute Gasteiger partial charge is 0.338 e. The summed E-state index contributed by atoms with van der Waals surface area (Å²) in [5, 5.41) is 1.90. The minimum atomic E-state index is -3.72. The molecule has 1 fully saturated rings. The molecule has 0 unspecified atom stereocenters. The molecule has 1 aliphatic heterocycles. The van der Waals surface area contributed by atoms with Gasteiger partial charge in [0.1, 0.15) is 0 Å². The molecule has 7 nitrogen and oxygen atoms in total. The minimum Gasteiger partial charge on any atom is -0.462 e. The van der Waals surface area contributed by atoms with Gasteiger partial charge in [0, 0.05) is 31.7 Å². The molecular formula is C24H24N2O5S2. The predicted molar refractivity (Wildman–Crippen MR) is 127 cm³/mol. The van der Waals surface area contributed by atoms with Gasteiger partial charge in [0.05, 0.1) is 21.9 Å². The molecular weight excluding hydrogens is 460 g/mol. The van der Waals surface area contributed by atoms with E-state index in [9.17, 15) is 18.0 Å². The van der Waals surface area contributed by atoms with Crippen LogP contribution in [0, 0.1) is 0 Å². The Labute approximate surface area is 197 Å². The van der Waals surface area contributed by atoms with Gasteiger partial charge in [-0.2, -0.15) is 4.31 Å². The summed E-state index contributed by atoms with van der Waals surface area (Å²) in [7, 11) is -3.72. The summed E-state index contributed by atoms with van der Waals surface area (Å²) in [6.07, 6.45) is 0. The average molecular weight is 485 g/mol. The highest BCUT2D eigenvalue weighted by atomic mass is 32.2. The van der Waals surface area contributed by atoms with E-state index in [1.54, 1.807) is 11.8 Å². The van der Waals surface area contributed by atoms with Gasteiger partial charge in [0.25, 0.3) is 5.91 Å². The molecule has 9 heteroatoms. The Balaban J connectivity index is 1.43. The first-order chi connectivity index (χ1) is 15.9. The van der Waals surface area contributed by atoms with Crippen LogP contribution in [0.25, 0.3) is 11.1 Å². The van der Waals surface area contributed by atoms with Crippen LogP contribution < -0.4 is 0 Å². The first-order valence-corrected chi connectivity index (χ1v) is 12.9. The zero-order valence-electron chi connectivity index (χ0n) is 18.1. The van der Waals surface area contributed by atoms with Gasteiger partial charge in [-0.1, -0.05) is 30.3 Å². The van der Waals surface area contributed by atoms with Gasteiger partial charge < -0.3 is 9.64 Å². The van der Waals surface area contributed by atoms with Crippen LogP contribution in [0.1, 0.15) is 27.0 Å². The SMILES string of the molecule is CCOC(=O)c1ccc(S(=O)(=O)N2CCN(C(=O)c3sccc3-c3ccccc3)CC2)cc1. The van der Waals surface area contributed by atoms with Crippen LogP contribution in [0.2, 0.25) is 0 Å². The molecule has 1 amide bonds. The lowest BCUT2D eigenvalue weighted by Gasteiger charge is -2.34. The predicted octanol–water partition coefficient (Wildman–Crippen LogP) is 3.74. The van der Waals surface area contributed by atoms with Crippen molar-refractivity contribution in [1.82, 2.24) is 9.21 Å². The fourth-order valence-corrected chi connectivity index (χ4v) is 6.03. The second-order valence-corrected chi connectivity index (χ2v) is 10.3. The van der Waals surface area contributed by atoms with Crippen molar-refractivity contribution in [2.75, 3.05) is 32.8 Å². The van der Waals surface area contributed by atoms with Crippen molar-refractivity contribution in [1.29, 1.82) is 0 Å². The van der Waals surface area contributed by atoms with E-state index in [4.69, 9.17) is 4.74 Å². The summed E-state index contributed by atoms with van der Waals surface area (Å²) in [5.74, 6) is -0.572. The molecule has 1 aromatic heterocycles. The van der Waals surface area contributed by atoms with E-state index in [0.717, 1.165) is 11.1 Å². The third-order valence-electron chi connectivity index (χ3n) is 5.47. The van der Waals surface area contributed by atoms with E-state index in [2.05, 4.69) is 0 Å². The molecule has 2 heterocycles. The van der Waals surface area contributed by atoms with Gasteiger partial charge in [0.2, 0.25) is 10.0 Å². The highest BCUT2D eigenvalue weighted by Gasteiger charge is 2.31. The van der Waals surface area contributed by atoms with Crippen molar-refractivity contribution in [3.63, 3.8) is 0 Å². The number of benzene rings is 2. The number of amides is 1. The van der Waals surface area contributed by atoms with Crippen molar-refractivity contribution < 1.29 is 22.7 Å². The lowest BCUT2D eigenvalue weighted by atomic mass is 10.1. The highest BCUT2D eigenvalue weighted by molar-refractivity contribution is 7.89. The highest BCUT2D eigenvalue weighted by Crippen LogP contribution is 2.30. The Morgan fingerprint density at radius 2 is 1.61 bits per heavy atom. The van der Waals surface area contributed by atoms with E-state index in [-0.39, 0.29) is 30.5 Å². The van der Waals surface area contributed by atoms with Crippen LogP contribution in [-0.2, 0) is 14.8 Å². The molecule has 4 rings (SSSR count). The minimum absolute atomic E-state index is 0.0836. The molecule has 0 N–H and O–H groups in total. The van der Waals surface area contributed by atoms with Crippen LogP contribution in [0.15, 0.2) is 70.9 Å². The lowest BCUT2D eigenvalue weighted by Crippen LogP contribution is -2.50. The van der Waals surface area contributed by atoms with E-state index in [1.165, 1.54) is 39.9 Å². The van der Waals surface area contributed by atoms with Crippen molar-refractivity contribution >= 4 is 33.2 Å². The fraction of sp³-hybridized carbons (Fsp3) is 0.250. The Hall–Kier alpha value is -3.01. The molecule has 2 aromatic carbocycles. The third kappa shape index (κ3) is 4.85.